The molecule has 8 rings (SSSR count). The van der Waals surface area contributed by atoms with Crippen molar-refractivity contribution in [1.29, 1.82) is 0 Å². The molecule has 20 heteroatoms. The van der Waals surface area contributed by atoms with Crippen molar-refractivity contribution in [2.45, 2.75) is 82.7 Å². The Labute approximate surface area is 354 Å². The Morgan fingerprint density at radius 1 is 0.623 bits per heavy atom. The van der Waals surface area contributed by atoms with E-state index in [1.807, 2.05) is 13.8 Å². The molecule has 2 saturated carbocycles. The smallest absolute Gasteiger partial charge is 0.261 e. The lowest BCUT2D eigenvalue weighted by atomic mass is 9.82. The topological polar surface area (TPSA) is 288 Å². The molecule has 0 atom stereocenters. The van der Waals surface area contributed by atoms with Crippen LogP contribution in [-0.2, 0) is 20.0 Å². The number of nitrogen functional groups attached to an aromatic ring is 2. The zero-order valence-electron chi connectivity index (χ0n) is 33.3. The fourth-order valence-corrected chi connectivity index (χ4v) is 9.67. The number of nitrogens with one attached hydrogen (secondary N) is 2. The van der Waals surface area contributed by atoms with E-state index >= 15 is 0 Å². The van der Waals surface area contributed by atoms with Gasteiger partial charge in [-0.2, -0.15) is 9.97 Å². The summed E-state index contributed by atoms with van der Waals surface area (Å²) in [5, 5.41) is 25.8. The van der Waals surface area contributed by atoms with E-state index < -0.39 is 20.0 Å². The summed E-state index contributed by atoms with van der Waals surface area (Å²) in [6.07, 6.45) is 5.75. The van der Waals surface area contributed by atoms with Crippen LogP contribution in [0.5, 0.6) is 0 Å². The number of rotatable bonds is 12. The van der Waals surface area contributed by atoms with Crippen molar-refractivity contribution in [3.8, 4) is 45.2 Å². The number of benzene rings is 2. The summed E-state index contributed by atoms with van der Waals surface area (Å²) in [6, 6.07) is 13.1. The van der Waals surface area contributed by atoms with E-state index in [-0.39, 0.29) is 77.8 Å². The number of aryl methyl sites for hydroxylation is 4. The van der Waals surface area contributed by atoms with E-state index in [1.165, 1.54) is 0 Å². The summed E-state index contributed by atoms with van der Waals surface area (Å²) in [4.78, 5) is 17.2. The third-order valence-electron chi connectivity index (χ3n) is 10.6. The number of hydrogen-bond acceptors (Lipinski definition) is 16. The van der Waals surface area contributed by atoms with Crippen LogP contribution >= 0.6 is 0 Å². The van der Waals surface area contributed by atoms with Gasteiger partial charge in [-0.05, 0) is 124 Å². The summed E-state index contributed by atoms with van der Waals surface area (Å²) in [7, 11) is -7.37. The average molecular weight is 875 g/mol. The van der Waals surface area contributed by atoms with Crippen molar-refractivity contribution < 1.29 is 36.1 Å². The highest BCUT2D eigenvalue weighted by atomic mass is 32.2. The van der Waals surface area contributed by atoms with E-state index in [1.54, 1.807) is 74.8 Å². The Kier molecular flexibility index (Phi) is 13.4. The van der Waals surface area contributed by atoms with Gasteiger partial charge in [-0.25, -0.2) is 36.2 Å². The second kappa shape index (κ2) is 18.1. The highest BCUT2D eigenvalue weighted by molar-refractivity contribution is 7.89. The molecule has 8 N–H and O–H groups in total. The fourth-order valence-electron chi connectivity index (χ4n) is 7.10. The molecule has 324 valence electrons. The molecule has 0 bridgehead atoms. The van der Waals surface area contributed by atoms with E-state index in [4.69, 9.17) is 30.7 Å². The van der Waals surface area contributed by atoms with Gasteiger partial charge in [-0.1, -0.05) is 29.9 Å². The highest BCUT2D eigenvalue weighted by Crippen LogP contribution is 2.35. The second-order valence-electron chi connectivity index (χ2n) is 15.2. The number of sulfonamides is 2. The molecular weight excluding hydrogens is 825 g/mol. The summed E-state index contributed by atoms with van der Waals surface area (Å²) >= 11 is 0. The normalized spacial score (nSPS) is 18.6. The summed E-state index contributed by atoms with van der Waals surface area (Å²) in [5.41, 5.74) is 17.5. The molecule has 0 amide bonds. The quantitative estimate of drug-likeness (QED) is 0.0969. The van der Waals surface area contributed by atoms with Gasteiger partial charge in [0.25, 0.3) is 11.8 Å². The number of pyridine rings is 2. The number of hydrogen-bond donors (Lipinski definition) is 6. The zero-order chi connectivity index (χ0) is 42.9. The molecule has 2 aliphatic carbocycles. The minimum absolute atomic E-state index is 0. The summed E-state index contributed by atoms with van der Waals surface area (Å²) in [6.45, 7) is 7.36. The monoisotopic (exact) mass is 874 g/mol. The molecule has 0 aliphatic heterocycles. The number of nitrogens with zero attached hydrogens (tertiary/aromatic N) is 6. The molecule has 0 spiro atoms. The van der Waals surface area contributed by atoms with Crippen LogP contribution in [-0.4, -0.2) is 82.6 Å². The van der Waals surface area contributed by atoms with Crippen molar-refractivity contribution >= 4 is 31.7 Å². The van der Waals surface area contributed by atoms with Crippen LogP contribution < -0.4 is 20.9 Å². The molecule has 0 saturated heterocycles. The lowest BCUT2D eigenvalue weighted by Gasteiger charge is -2.34. The number of nitrogens with two attached hydrogens (primary N) is 2. The number of aliphatic hydroxyl groups is 2. The van der Waals surface area contributed by atoms with Crippen molar-refractivity contribution in [2.24, 2.45) is 11.8 Å². The first-order chi connectivity index (χ1) is 28.5. The Morgan fingerprint density at radius 2 is 1.00 bits per heavy atom. The molecule has 18 nitrogen and oxygen atoms in total. The van der Waals surface area contributed by atoms with E-state index in [0.717, 1.165) is 11.1 Å². The van der Waals surface area contributed by atoms with E-state index in [9.17, 15) is 16.8 Å². The van der Waals surface area contributed by atoms with Crippen LogP contribution in [0.4, 0.5) is 11.6 Å². The number of aliphatic hydroxyl groups excluding tert-OH is 2. The molecule has 0 unspecified atom stereocenters. The Balaban J connectivity index is 0.000000201. The fraction of sp³-hybridized carbons (Fsp3) is 0.366. The Morgan fingerprint density at radius 3 is 1.33 bits per heavy atom. The van der Waals surface area contributed by atoms with Gasteiger partial charge in [0.15, 0.2) is 11.6 Å². The largest absolute Gasteiger partial charge is 0.396 e. The molecule has 61 heavy (non-hydrogen) atoms. The van der Waals surface area contributed by atoms with Crippen LogP contribution in [0, 0.1) is 39.5 Å². The van der Waals surface area contributed by atoms with Gasteiger partial charge in [0.1, 0.15) is 11.6 Å². The van der Waals surface area contributed by atoms with Gasteiger partial charge in [-0.15, -0.1) is 0 Å². The predicted molar refractivity (Wildman–Crippen MR) is 228 cm³/mol. The van der Waals surface area contributed by atoms with Crippen molar-refractivity contribution in [3.63, 3.8) is 0 Å². The lowest BCUT2D eigenvalue weighted by Crippen LogP contribution is -2.45. The first kappa shape index (κ1) is 44.9. The molecule has 4 heterocycles. The Hall–Kier alpha value is -5.64. The summed E-state index contributed by atoms with van der Waals surface area (Å²) < 4.78 is 67.1. The van der Waals surface area contributed by atoms with Crippen molar-refractivity contribution in [3.05, 3.63) is 83.7 Å². The van der Waals surface area contributed by atoms with Gasteiger partial charge in [0.05, 0.1) is 20.9 Å². The predicted octanol–water partition coefficient (Wildman–Crippen LogP) is 4.73. The second-order valence-corrected chi connectivity index (χ2v) is 18.7. The minimum atomic E-state index is -3.68. The summed E-state index contributed by atoms with van der Waals surface area (Å²) in [5.74, 6) is 2.28. The average Bonchev–Trinajstić information content (AvgIpc) is 3.83. The van der Waals surface area contributed by atoms with Crippen LogP contribution in [0.15, 0.2) is 79.8 Å². The molecule has 2 aliphatic rings. The molecule has 0 radical (unpaired) electrons. The van der Waals surface area contributed by atoms with Gasteiger partial charge in [0, 0.05) is 48.8 Å². The molecule has 2 aromatic carbocycles. The van der Waals surface area contributed by atoms with E-state index in [0.29, 0.717) is 70.7 Å². The standard InChI is InChI=1S/2C20H23N5O4S.CH4/c2*1-11-3-4-16(30(27,28)25-15-5-13(6-15)10-26)8-17(11)14-7-18(19(21)22-9-14)20-23-12(2)24-29-20;/h2*3-4,7-9,13,15,25-26H,5-6,10H2,1-2H3,(H2,21,22);1H4. The van der Waals surface area contributed by atoms with Gasteiger partial charge < -0.3 is 30.7 Å². The van der Waals surface area contributed by atoms with E-state index in [2.05, 4.69) is 39.7 Å². The SMILES string of the molecule is C.Cc1noc(-c2cc(-c3cc(S(=O)(=O)NC4CC(CO)C4)ccc3C)cnc2N)n1.Cc1noc(-c2cc(-c3cc(S(=O)(=O)NC4CC(CO)C4)ccc3C)cnc2N)n1. The number of aromatic nitrogens is 6. The van der Waals surface area contributed by atoms with Gasteiger partial charge in [0.2, 0.25) is 20.0 Å². The zero-order valence-corrected chi connectivity index (χ0v) is 35.0. The molecule has 2 fully saturated rings. The van der Waals surface area contributed by atoms with Crippen LogP contribution in [0.1, 0.15) is 55.9 Å². The third-order valence-corrected chi connectivity index (χ3v) is 13.7. The molecule has 6 aromatic rings. The maximum Gasteiger partial charge on any atom is 0.261 e. The van der Waals surface area contributed by atoms with Crippen LogP contribution in [0.25, 0.3) is 45.2 Å². The maximum atomic E-state index is 12.8. The van der Waals surface area contributed by atoms with Crippen LogP contribution in [0.3, 0.4) is 0 Å². The minimum Gasteiger partial charge on any atom is -0.396 e. The maximum absolute atomic E-state index is 12.8. The van der Waals surface area contributed by atoms with Gasteiger partial charge in [-0.3, -0.25) is 0 Å². The van der Waals surface area contributed by atoms with Crippen LogP contribution in [0.2, 0.25) is 0 Å². The van der Waals surface area contributed by atoms with Crippen molar-refractivity contribution in [1.82, 2.24) is 39.7 Å². The van der Waals surface area contributed by atoms with Crippen molar-refractivity contribution in [2.75, 3.05) is 24.7 Å². The third kappa shape index (κ3) is 9.95. The van der Waals surface area contributed by atoms with Gasteiger partial charge >= 0.3 is 0 Å². The Bertz CT molecular complexity index is 2560. The first-order valence-electron chi connectivity index (χ1n) is 19.1. The molecular formula is C41H50N10O8S2. The number of anilines is 2. The lowest BCUT2D eigenvalue weighted by molar-refractivity contribution is 0.137. The highest BCUT2D eigenvalue weighted by Gasteiger charge is 2.33. The molecule has 4 aromatic heterocycles. The first-order valence-corrected chi connectivity index (χ1v) is 22.1.